The van der Waals surface area contributed by atoms with Gasteiger partial charge in [0.15, 0.2) is 0 Å². The van der Waals surface area contributed by atoms with E-state index in [4.69, 9.17) is 4.98 Å². The summed E-state index contributed by atoms with van der Waals surface area (Å²) >= 11 is 0. The Labute approximate surface area is 157 Å². The fraction of sp³-hybridized carbons (Fsp3) is 0.474. The van der Waals surface area contributed by atoms with Crippen LogP contribution in [0.15, 0.2) is 12.4 Å². The topological polar surface area (TPSA) is 98.4 Å². The Morgan fingerprint density at radius 3 is 2.96 bits per heavy atom. The lowest BCUT2D eigenvalue weighted by atomic mass is 10.0. The highest BCUT2D eigenvalue weighted by Crippen LogP contribution is 2.60. The Balaban J connectivity index is 1.59. The van der Waals surface area contributed by atoms with Gasteiger partial charge in [-0.3, -0.25) is 4.68 Å². The molecule has 8 nitrogen and oxygen atoms in total. The van der Waals surface area contributed by atoms with Crippen LogP contribution >= 0.6 is 0 Å². The van der Waals surface area contributed by atoms with Gasteiger partial charge < -0.3 is 15.2 Å². The van der Waals surface area contributed by atoms with Crippen molar-refractivity contribution in [2.75, 3.05) is 23.3 Å². The van der Waals surface area contributed by atoms with Crippen molar-refractivity contribution in [2.24, 2.45) is 18.4 Å². The molecular formula is C19H22N8. The lowest BCUT2D eigenvalue weighted by Crippen LogP contribution is -2.26. The first-order valence-corrected chi connectivity index (χ1v) is 9.34. The monoisotopic (exact) mass is 362 g/mol. The summed E-state index contributed by atoms with van der Waals surface area (Å²) in [7, 11) is 1.90. The number of rotatable bonds is 4. The van der Waals surface area contributed by atoms with Crippen molar-refractivity contribution in [1.82, 2.24) is 24.7 Å². The first-order chi connectivity index (χ1) is 13.0. The minimum Gasteiger partial charge on any atom is -0.355 e. The molecule has 4 heterocycles. The summed E-state index contributed by atoms with van der Waals surface area (Å²) < 4.78 is 1.81. The number of aromatic nitrogens is 5. The number of nitrogens with one attached hydrogen (secondary N) is 2. The average molecular weight is 362 g/mol. The average Bonchev–Trinajstić information content (AvgIpc) is 2.98. The quantitative estimate of drug-likeness (QED) is 0.740. The van der Waals surface area contributed by atoms with E-state index in [1.165, 1.54) is 12.8 Å². The zero-order valence-corrected chi connectivity index (χ0v) is 15.7. The molecular weight excluding hydrogens is 340 g/mol. The Hall–Kier alpha value is -3.08. The largest absolute Gasteiger partial charge is 0.355 e. The van der Waals surface area contributed by atoms with Gasteiger partial charge in [-0.05, 0) is 31.1 Å². The number of aromatic amines is 1. The molecule has 3 aromatic heterocycles. The molecule has 8 heteroatoms. The van der Waals surface area contributed by atoms with Crippen LogP contribution in [0.2, 0.25) is 0 Å². The van der Waals surface area contributed by atoms with Crippen molar-refractivity contribution in [3.8, 4) is 6.07 Å². The van der Waals surface area contributed by atoms with Crippen LogP contribution in [0.1, 0.15) is 31.0 Å². The van der Waals surface area contributed by atoms with Crippen molar-refractivity contribution in [3.63, 3.8) is 0 Å². The Bertz CT molecular complexity index is 1080. The summed E-state index contributed by atoms with van der Waals surface area (Å²) in [5.74, 6) is 2.11. The van der Waals surface area contributed by atoms with E-state index < -0.39 is 0 Å². The number of hydrogen-bond donors (Lipinski definition) is 2. The van der Waals surface area contributed by atoms with Crippen LogP contribution in [0.4, 0.5) is 17.5 Å². The first kappa shape index (κ1) is 16.1. The molecule has 138 valence electrons. The molecule has 2 aliphatic rings. The van der Waals surface area contributed by atoms with E-state index in [-0.39, 0.29) is 0 Å². The van der Waals surface area contributed by atoms with E-state index in [1.54, 1.807) is 12.4 Å². The molecule has 2 fully saturated rings. The highest BCUT2D eigenvalue weighted by atomic mass is 15.3. The molecule has 27 heavy (non-hydrogen) atoms. The van der Waals surface area contributed by atoms with E-state index >= 15 is 0 Å². The molecule has 2 unspecified atom stereocenters. The molecule has 0 radical (unpaired) electrons. The van der Waals surface area contributed by atoms with Gasteiger partial charge in [0.25, 0.3) is 0 Å². The van der Waals surface area contributed by atoms with Gasteiger partial charge in [0.05, 0.1) is 28.5 Å². The lowest BCUT2D eigenvalue weighted by molar-refractivity contribution is 0.509. The summed E-state index contributed by atoms with van der Waals surface area (Å²) in [6.45, 7) is 6.27. The van der Waals surface area contributed by atoms with Crippen LogP contribution < -0.4 is 10.2 Å². The van der Waals surface area contributed by atoms with Crippen molar-refractivity contribution in [2.45, 2.75) is 26.7 Å². The van der Waals surface area contributed by atoms with Gasteiger partial charge in [-0.15, -0.1) is 0 Å². The summed E-state index contributed by atoms with van der Waals surface area (Å²) in [5.41, 5.74) is 3.61. The van der Waals surface area contributed by atoms with Crippen LogP contribution in [-0.4, -0.2) is 37.8 Å². The summed E-state index contributed by atoms with van der Waals surface area (Å²) in [6.07, 6.45) is 6.00. The van der Waals surface area contributed by atoms with Gasteiger partial charge >= 0.3 is 0 Å². The molecule has 2 N–H and O–H groups in total. The minimum absolute atomic E-state index is 0.438. The molecule has 1 saturated carbocycles. The van der Waals surface area contributed by atoms with Gasteiger partial charge in [0.2, 0.25) is 5.95 Å². The second kappa shape index (κ2) is 5.46. The first-order valence-electron chi connectivity index (χ1n) is 9.34. The van der Waals surface area contributed by atoms with Gasteiger partial charge in [0.1, 0.15) is 17.5 Å². The number of H-pyrrole nitrogens is 1. The molecule has 0 bridgehead atoms. The third-order valence-electron chi connectivity index (χ3n) is 6.42. The van der Waals surface area contributed by atoms with Crippen LogP contribution in [0.3, 0.4) is 0 Å². The third kappa shape index (κ3) is 2.31. The molecule has 5 rings (SSSR count). The Morgan fingerprint density at radius 2 is 2.30 bits per heavy atom. The predicted molar refractivity (Wildman–Crippen MR) is 103 cm³/mol. The van der Waals surface area contributed by atoms with Crippen molar-refractivity contribution in [3.05, 3.63) is 23.7 Å². The van der Waals surface area contributed by atoms with Crippen LogP contribution in [0.5, 0.6) is 0 Å². The zero-order chi connectivity index (χ0) is 18.8. The number of hydrogen-bond acceptors (Lipinski definition) is 6. The van der Waals surface area contributed by atoms with Gasteiger partial charge in [-0.1, -0.05) is 6.92 Å². The lowest BCUT2D eigenvalue weighted by Gasteiger charge is -2.23. The van der Waals surface area contributed by atoms with E-state index in [1.807, 2.05) is 18.7 Å². The third-order valence-corrected chi connectivity index (χ3v) is 6.42. The zero-order valence-electron chi connectivity index (χ0n) is 15.7. The maximum atomic E-state index is 9.52. The predicted octanol–water partition coefficient (Wildman–Crippen LogP) is 2.85. The SMILES string of the molecule is CCC12CC1CN(c1nc(Nc3cnn(C)c3C)nc3[nH]cc(C#N)c13)C2. The number of nitrogens with zero attached hydrogens (tertiary/aromatic N) is 6. The van der Waals surface area contributed by atoms with E-state index in [0.717, 1.165) is 41.6 Å². The minimum atomic E-state index is 0.438. The fourth-order valence-electron chi connectivity index (χ4n) is 4.43. The molecule has 0 spiro atoms. The van der Waals surface area contributed by atoms with Gasteiger partial charge in [-0.25, -0.2) is 0 Å². The highest BCUT2D eigenvalue weighted by Gasteiger charge is 2.58. The van der Waals surface area contributed by atoms with E-state index in [2.05, 4.69) is 38.3 Å². The number of aryl methyl sites for hydroxylation is 1. The smallest absolute Gasteiger partial charge is 0.231 e. The number of anilines is 3. The number of piperidine rings is 1. The fourth-order valence-corrected chi connectivity index (χ4v) is 4.43. The molecule has 1 aliphatic carbocycles. The molecule has 1 aliphatic heterocycles. The summed E-state index contributed by atoms with van der Waals surface area (Å²) in [5, 5.41) is 17.9. The van der Waals surface area contributed by atoms with Crippen LogP contribution in [0, 0.1) is 29.6 Å². The maximum absolute atomic E-state index is 9.52. The normalized spacial score (nSPS) is 23.5. The summed E-state index contributed by atoms with van der Waals surface area (Å²) in [4.78, 5) is 14.9. The molecule has 0 amide bonds. The summed E-state index contributed by atoms with van der Waals surface area (Å²) in [6, 6.07) is 2.27. The van der Waals surface area contributed by atoms with E-state index in [9.17, 15) is 5.26 Å². The van der Waals surface area contributed by atoms with Crippen molar-refractivity contribution >= 4 is 28.5 Å². The second-order valence-electron chi connectivity index (χ2n) is 7.80. The van der Waals surface area contributed by atoms with Crippen molar-refractivity contribution in [1.29, 1.82) is 5.26 Å². The Kier molecular flexibility index (Phi) is 3.26. The molecule has 1 saturated heterocycles. The standard InChI is InChI=1S/C19H22N8/c1-4-19-5-13(19)9-27(10-19)17-15-12(6-20)7-21-16(15)24-18(25-17)23-14-8-22-26(3)11(14)2/h7-8,13H,4-5,9-10H2,1-3H3,(H2,21,23,24,25). The van der Waals surface area contributed by atoms with Gasteiger partial charge in [-0.2, -0.15) is 20.3 Å². The maximum Gasteiger partial charge on any atom is 0.231 e. The van der Waals surface area contributed by atoms with E-state index in [0.29, 0.717) is 22.6 Å². The second-order valence-corrected chi connectivity index (χ2v) is 7.80. The molecule has 2 atom stereocenters. The highest BCUT2D eigenvalue weighted by molar-refractivity contribution is 5.94. The number of nitriles is 1. The van der Waals surface area contributed by atoms with Crippen LogP contribution in [-0.2, 0) is 7.05 Å². The van der Waals surface area contributed by atoms with Crippen LogP contribution in [0.25, 0.3) is 11.0 Å². The van der Waals surface area contributed by atoms with Crippen molar-refractivity contribution < 1.29 is 0 Å². The van der Waals surface area contributed by atoms with Gasteiger partial charge in [0, 0.05) is 26.3 Å². The molecule has 3 aromatic rings. The number of fused-ring (bicyclic) bond motifs is 2. The molecule has 0 aromatic carbocycles. The Morgan fingerprint density at radius 1 is 1.44 bits per heavy atom.